The Hall–Kier alpha value is -1.33. The number of rotatable bonds is 3. The van der Waals surface area contributed by atoms with Crippen LogP contribution in [0.25, 0.3) is 0 Å². The van der Waals surface area contributed by atoms with E-state index >= 15 is 0 Å². The number of amides is 1. The van der Waals surface area contributed by atoms with Crippen LogP contribution in [0.5, 0.6) is 0 Å². The van der Waals surface area contributed by atoms with Gasteiger partial charge in [-0.3, -0.25) is 15.1 Å². The van der Waals surface area contributed by atoms with Crippen molar-refractivity contribution in [2.24, 2.45) is 5.84 Å². The number of nitrogens with zero attached hydrogens (tertiary/aromatic N) is 1. The Labute approximate surface area is 101 Å². The van der Waals surface area contributed by atoms with E-state index in [1.54, 1.807) is 0 Å². The van der Waals surface area contributed by atoms with E-state index < -0.39 is 0 Å². The average Bonchev–Trinajstić information content (AvgIpc) is 2.64. The van der Waals surface area contributed by atoms with Crippen LogP contribution < -0.4 is 11.3 Å². The molecule has 1 aromatic rings. The highest BCUT2D eigenvalue weighted by Crippen LogP contribution is 2.16. The van der Waals surface area contributed by atoms with Gasteiger partial charge in [-0.2, -0.15) is 0 Å². The van der Waals surface area contributed by atoms with Crippen LogP contribution >= 0.6 is 0 Å². The van der Waals surface area contributed by atoms with Crippen LogP contribution in [0.4, 0.5) is 0 Å². The summed E-state index contributed by atoms with van der Waals surface area (Å²) in [5, 5.41) is 0. The quantitative estimate of drug-likeness (QED) is 0.471. The van der Waals surface area contributed by atoms with E-state index in [4.69, 9.17) is 10.3 Å². The molecule has 0 aromatic carbocycles. The third kappa shape index (κ3) is 3.08. The van der Waals surface area contributed by atoms with Crippen molar-refractivity contribution in [3.05, 3.63) is 23.7 Å². The molecule has 0 unspecified atom stereocenters. The van der Waals surface area contributed by atoms with Crippen LogP contribution in [0.1, 0.15) is 41.8 Å². The van der Waals surface area contributed by atoms with Gasteiger partial charge in [-0.15, -0.1) is 0 Å². The summed E-state index contributed by atoms with van der Waals surface area (Å²) >= 11 is 0. The normalized spacial score (nSPS) is 17.7. The van der Waals surface area contributed by atoms with Gasteiger partial charge in [0.15, 0.2) is 5.76 Å². The van der Waals surface area contributed by atoms with Crippen molar-refractivity contribution in [3.8, 4) is 0 Å². The standard InChI is InChI=1S/C12H19N3O2/c13-14-12(16)11-10(5-8-17-11)9-15-6-3-1-2-4-7-15/h5,8H,1-4,6-7,9,13H2,(H,14,16). The summed E-state index contributed by atoms with van der Waals surface area (Å²) in [5.41, 5.74) is 3.02. The lowest BCUT2D eigenvalue weighted by Crippen LogP contribution is -2.31. The molecule has 1 aliphatic rings. The van der Waals surface area contributed by atoms with Crippen LogP contribution in [0, 0.1) is 0 Å². The molecule has 2 rings (SSSR count). The molecule has 5 nitrogen and oxygen atoms in total. The van der Waals surface area contributed by atoms with Crippen molar-refractivity contribution in [1.82, 2.24) is 10.3 Å². The van der Waals surface area contributed by atoms with Crippen LogP contribution in [-0.4, -0.2) is 23.9 Å². The van der Waals surface area contributed by atoms with Gasteiger partial charge in [0, 0.05) is 12.1 Å². The first-order chi connectivity index (χ1) is 8.31. The molecular weight excluding hydrogens is 218 g/mol. The molecule has 1 amide bonds. The number of nitrogens with two attached hydrogens (primary N) is 1. The first kappa shape index (κ1) is 12.1. The topological polar surface area (TPSA) is 71.5 Å². The minimum atomic E-state index is -0.361. The molecular formula is C12H19N3O2. The summed E-state index contributed by atoms with van der Waals surface area (Å²) in [5.74, 6) is 5.09. The fourth-order valence-electron chi connectivity index (χ4n) is 2.26. The number of carbonyl (C=O) groups excluding carboxylic acids is 1. The molecule has 0 bridgehead atoms. The maximum Gasteiger partial charge on any atom is 0.301 e. The van der Waals surface area contributed by atoms with Gasteiger partial charge in [0.25, 0.3) is 0 Å². The van der Waals surface area contributed by atoms with E-state index in [9.17, 15) is 4.79 Å². The zero-order valence-corrected chi connectivity index (χ0v) is 9.95. The van der Waals surface area contributed by atoms with Crippen molar-refractivity contribution < 1.29 is 9.21 Å². The lowest BCUT2D eigenvalue weighted by molar-refractivity contribution is 0.0923. The van der Waals surface area contributed by atoms with Gasteiger partial charge in [0.1, 0.15) is 0 Å². The number of nitrogens with one attached hydrogen (secondary N) is 1. The summed E-state index contributed by atoms with van der Waals surface area (Å²) in [4.78, 5) is 13.8. The van der Waals surface area contributed by atoms with Crippen molar-refractivity contribution in [3.63, 3.8) is 0 Å². The third-order valence-corrected chi connectivity index (χ3v) is 3.18. The van der Waals surface area contributed by atoms with E-state index in [1.807, 2.05) is 6.07 Å². The molecule has 17 heavy (non-hydrogen) atoms. The second-order valence-electron chi connectivity index (χ2n) is 4.44. The number of likely N-dealkylation sites (tertiary alicyclic amines) is 1. The largest absolute Gasteiger partial charge is 0.459 e. The summed E-state index contributed by atoms with van der Waals surface area (Å²) in [6.45, 7) is 2.95. The highest BCUT2D eigenvalue weighted by Gasteiger charge is 2.17. The monoisotopic (exact) mass is 237 g/mol. The summed E-state index contributed by atoms with van der Waals surface area (Å²) in [6.07, 6.45) is 6.61. The SMILES string of the molecule is NNC(=O)c1occc1CN1CCCCCC1. The molecule has 2 heterocycles. The highest BCUT2D eigenvalue weighted by molar-refractivity contribution is 5.92. The Kier molecular flexibility index (Phi) is 4.17. The predicted molar refractivity (Wildman–Crippen MR) is 64.1 cm³/mol. The predicted octanol–water partition coefficient (Wildman–Crippen LogP) is 1.26. The zero-order chi connectivity index (χ0) is 12.1. The fraction of sp³-hybridized carbons (Fsp3) is 0.583. The number of hydrogen-bond acceptors (Lipinski definition) is 4. The van der Waals surface area contributed by atoms with Crippen LogP contribution in [-0.2, 0) is 6.54 Å². The molecule has 1 fully saturated rings. The third-order valence-electron chi connectivity index (χ3n) is 3.18. The molecule has 1 aliphatic heterocycles. The Bertz CT molecular complexity index is 368. The number of carbonyl (C=O) groups is 1. The van der Waals surface area contributed by atoms with E-state index in [-0.39, 0.29) is 5.91 Å². The molecule has 0 radical (unpaired) electrons. The number of furan rings is 1. The second-order valence-corrected chi connectivity index (χ2v) is 4.44. The van der Waals surface area contributed by atoms with E-state index in [0.29, 0.717) is 5.76 Å². The molecule has 0 aliphatic carbocycles. The molecule has 0 atom stereocenters. The van der Waals surface area contributed by atoms with Crippen molar-refractivity contribution in [2.75, 3.05) is 13.1 Å². The minimum absolute atomic E-state index is 0.330. The molecule has 1 saturated heterocycles. The van der Waals surface area contributed by atoms with Gasteiger partial charge in [-0.05, 0) is 32.0 Å². The van der Waals surface area contributed by atoms with Crippen LogP contribution in [0.3, 0.4) is 0 Å². The fourth-order valence-corrected chi connectivity index (χ4v) is 2.26. The number of hydrogen-bond donors (Lipinski definition) is 2. The maximum absolute atomic E-state index is 11.5. The first-order valence-corrected chi connectivity index (χ1v) is 6.11. The summed E-state index contributed by atoms with van der Waals surface area (Å²) in [7, 11) is 0. The lowest BCUT2D eigenvalue weighted by atomic mass is 10.2. The van der Waals surface area contributed by atoms with Gasteiger partial charge in [-0.25, -0.2) is 5.84 Å². The average molecular weight is 237 g/mol. The highest BCUT2D eigenvalue weighted by atomic mass is 16.3. The van der Waals surface area contributed by atoms with Gasteiger partial charge in [0.2, 0.25) is 0 Å². The van der Waals surface area contributed by atoms with Crippen LogP contribution in [0.15, 0.2) is 16.7 Å². The van der Waals surface area contributed by atoms with Crippen LogP contribution in [0.2, 0.25) is 0 Å². The van der Waals surface area contributed by atoms with Gasteiger partial charge in [0.05, 0.1) is 6.26 Å². The second kappa shape index (κ2) is 5.84. The van der Waals surface area contributed by atoms with E-state index in [0.717, 1.165) is 25.2 Å². The summed E-state index contributed by atoms with van der Waals surface area (Å²) in [6, 6.07) is 1.84. The smallest absolute Gasteiger partial charge is 0.301 e. The maximum atomic E-state index is 11.5. The number of hydrazine groups is 1. The van der Waals surface area contributed by atoms with E-state index in [1.165, 1.54) is 31.9 Å². The first-order valence-electron chi connectivity index (χ1n) is 6.11. The zero-order valence-electron chi connectivity index (χ0n) is 9.95. The van der Waals surface area contributed by atoms with Gasteiger partial charge < -0.3 is 4.42 Å². The Morgan fingerprint density at radius 2 is 2.06 bits per heavy atom. The minimum Gasteiger partial charge on any atom is -0.459 e. The van der Waals surface area contributed by atoms with Gasteiger partial charge in [-0.1, -0.05) is 12.8 Å². The molecule has 5 heteroatoms. The van der Waals surface area contributed by atoms with Gasteiger partial charge >= 0.3 is 5.91 Å². The Morgan fingerprint density at radius 3 is 2.71 bits per heavy atom. The Balaban J connectivity index is 2.02. The Morgan fingerprint density at radius 1 is 1.35 bits per heavy atom. The van der Waals surface area contributed by atoms with E-state index in [2.05, 4.69) is 10.3 Å². The molecule has 1 aromatic heterocycles. The lowest BCUT2D eigenvalue weighted by Gasteiger charge is -2.19. The number of nitrogen functional groups attached to an aromatic ring is 1. The van der Waals surface area contributed by atoms with Crippen molar-refractivity contribution in [2.45, 2.75) is 32.2 Å². The molecule has 0 saturated carbocycles. The van der Waals surface area contributed by atoms with Crippen molar-refractivity contribution in [1.29, 1.82) is 0 Å². The molecule has 94 valence electrons. The summed E-state index contributed by atoms with van der Waals surface area (Å²) < 4.78 is 5.17. The molecule has 3 N–H and O–H groups in total. The molecule has 0 spiro atoms. The van der Waals surface area contributed by atoms with Crippen molar-refractivity contribution >= 4 is 5.91 Å².